The second-order valence-electron chi connectivity index (χ2n) is 7.32. The van der Waals surface area contributed by atoms with Crippen molar-refractivity contribution in [2.75, 3.05) is 6.54 Å². The van der Waals surface area contributed by atoms with E-state index in [0.29, 0.717) is 5.56 Å². The number of nitrogens with one attached hydrogen (secondary N) is 3. The maximum absolute atomic E-state index is 12.7. The molecule has 0 aromatic heterocycles. The number of phenolic OH excluding ortho intramolecular Hbond substituents is 1. The number of hydrogen-bond donors (Lipinski definition) is 8. The van der Waals surface area contributed by atoms with Gasteiger partial charge in [0, 0.05) is 12.8 Å². The Labute approximate surface area is 193 Å². The summed E-state index contributed by atoms with van der Waals surface area (Å²) in [7, 11) is 0. The van der Waals surface area contributed by atoms with E-state index in [1.807, 2.05) is 0 Å². The number of carboxylic acid groups (broad SMARTS) is 2. The standard InChI is InChI=1S/C20H27N5O9/c21-12(5-6-17(29)30)18(31)23-9-16(28)24-13(7-10-1-3-11(26)4-2-10)19(32)25-14(20(33)34)8-15(22)27/h1-4,12-14,26H,5-9,21H2,(H2,22,27)(H,23,31)(H,24,28)(H,25,32)(H,29,30)(H,33,34). The molecule has 0 heterocycles. The van der Waals surface area contributed by atoms with Crippen LogP contribution < -0.4 is 27.4 Å². The molecule has 14 nitrogen and oxygen atoms in total. The quantitative estimate of drug-likeness (QED) is 0.135. The molecule has 0 aliphatic rings. The number of carbonyl (C=O) groups excluding carboxylic acids is 4. The molecule has 0 spiro atoms. The lowest BCUT2D eigenvalue weighted by Crippen LogP contribution is -2.55. The van der Waals surface area contributed by atoms with Crippen molar-refractivity contribution in [1.82, 2.24) is 16.0 Å². The zero-order valence-corrected chi connectivity index (χ0v) is 18.0. The number of aliphatic carboxylic acids is 2. The van der Waals surface area contributed by atoms with E-state index < -0.39 is 66.7 Å². The molecule has 1 aromatic carbocycles. The average molecular weight is 481 g/mol. The lowest BCUT2D eigenvalue weighted by molar-refractivity contribution is -0.143. The number of primary amides is 1. The van der Waals surface area contributed by atoms with Crippen molar-refractivity contribution in [1.29, 1.82) is 0 Å². The maximum atomic E-state index is 12.7. The summed E-state index contributed by atoms with van der Waals surface area (Å²) in [4.78, 5) is 69.9. The molecule has 10 N–H and O–H groups in total. The van der Waals surface area contributed by atoms with Crippen LogP contribution in [0.4, 0.5) is 0 Å². The van der Waals surface area contributed by atoms with Gasteiger partial charge in [-0.3, -0.25) is 24.0 Å². The second-order valence-corrected chi connectivity index (χ2v) is 7.32. The molecule has 0 fully saturated rings. The first-order valence-corrected chi connectivity index (χ1v) is 10.0. The number of hydrogen-bond acceptors (Lipinski definition) is 8. The molecule has 186 valence electrons. The third-order valence-electron chi connectivity index (χ3n) is 4.48. The van der Waals surface area contributed by atoms with Crippen LogP contribution in [0.2, 0.25) is 0 Å². The van der Waals surface area contributed by atoms with Gasteiger partial charge in [0.15, 0.2) is 0 Å². The van der Waals surface area contributed by atoms with Gasteiger partial charge in [-0.1, -0.05) is 12.1 Å². The zero-order chi connectivity index (χ0) is 25.8. The molecule has 3 unspecified atom stereocenters. The Kier molecular flexibility index (Phi) is 10.9. The lowest BCUT2D eigenvalue weighted by atomic mass is 10.0. The number of aromatic hydroxyl groups is 1. The minimum atomic E-state index is -1.63. The van der Waals surface area contributed by atoms with Crippen LogP contribution >= 0.6 is 0 Å². The highest BCUT2D eigenvalue weighted by Gasteiger charge is 2.28. The van der Waals surface area contributed by atoms with E-state index in [2.05, 4.69) is 16.0 Å². The molecule has 4 amide bonds. The fourth-order valence-electron chi connectivity index (χ4n) is 2.70. The average Bonchev–Trinajstić information content (AvgIpc) is 2.75. The molecule has 0 radical (unpaired) electrons. The number of carboxylic acids is 2. The van der Waals surface area contributed by atoms with Crippen LogP contribution in [0, 0.1) is 0 Å². The summed E-state index contributed by atoms with van der Waals surface area (Å²) in [5.74, 6) is -6.18. The number of amides is 4. The minimum absolute atomic E-state index is 0.0388. The van der Waals surface area contributed by atoms with Crippen LogP contribution in [0.25, 0.3) is 0 Å². The van der Waals surface area contributed by atoms with Gasteiger partial charge in [-0.25, -0.2) is 4.79 Å². The van der Waals surface area contributed by atoms with Gasteiger partial charge >= 0.3 is 11.9 Å². The first-order valence-electron chi connectivity index (χ1n) is 10.0. The summed E-state index contributed by atoms with van der Waals surface area (Å²) >= 11 is 0. The van der Waals surface area contributed by atoms with Crippen LogP contribution in [0.5, 0.6) is 5.75 Å². The number of benzene rings is 1. The highest BCUT2D eigenvalue weighted by Crippen LogP contribution is 2.12. The van der Waals surface area contributed by atoms with Crippen molar-refractivity contribution < 1.29 is 44.1 Å². The van der Waals surface area contributed by atoms with E-state index >= 15 is 0 Å². The normalized spacial score (nSPS) is 13.1. The van der Waals surface area contributed by atoms with Crippen LogP contribution in [-0.4, -0.2) is 75.6 Å². The molecule has 1 rings (SSSR count). The number of phenols is 1. The first kappa shape index (κ1) is 27.8. The van der Waals surface area contributed by atoms with E-state index in [1.54, 1.807) is 0 Å². The summed E-state index contributed by atoms with van der Waals surface area (Å²) in [5, 5.41) is 33.9. The van der Waals surface area contributed by atoms with E-state index in [1.165, 1.54) is 24.3 Å². The fourth-order valence-corrected chi connectivity index (χ4v) is 2.70. The SMILES string of the molecule is NC(=O)CC(NC(=O)C(Cc1ccc(O)cc1)NC(=O)CNC(=O)C(N)CCC(=O)O)C(=O)O. The van der Waals surface area contributed by atoms with Crippen molar-refractivity contribution in [3.8, 4) is 5.75 Å². The molecule has 0 aliphatic heterocycles. The number of rotatable bonds is 14. The Bertz CT molecular complexity index is 920. The molecular formula is C20H27N5O9. The van der Waals surface area contributed by atoms with Crippen LogP contribution in [0.1, 0.15) is 24.8 Å². The monoisotopic (exact) mass is 481 g/mol. The van der Waals surface area contributed by atoms with E-state index in [-0.39, 0.29) is 25.0 Å². The summed E-state index contributed by atoms with van der Waals surface area (Å²) < 4.78 is 0. The van der Waals surface area contributed by atoms with Gasteiger partial charge in [0.25, 0.3) is 0 Å². The maximum Gasteiger partial charge on any atom is 0.326 e. The summed E-state index contributed by atoms with van der Waals surface area (Å²) in [5.41, 5.74) is 11.1. The van der Waals surface area contributed by atoms with Gasteiger partial charge in [0.05, 0.1) is 19.0 Å². The van der Waals surface area contributed by atoms with Crippen LogP contribution in [0.15, 0.2) is 24.3 Å². The Balaban J connectivity index is 2.86. The van der Waals surface area contributed by atoms with Gasteiger partial charge in [-0.05, 0) is 24.1 Å². The zero-order valence-electron chi connectivity index (χ0n) is 18.0. The second kappa shape index (κ2) is 13.4. The van der Waals surface area contributed by atoms with Crippen molar-refractivity contribution in [2.24, 2.45) is 11.5 Å². The lowest BCUT2D eigenvalue weighted by Gasteiger charge is -2.21. The van der Waals surface area contributed by atoms with Crippen molar-refractivity contribution >= 4 is 35.6 Å². The molecule has 0 aliphatic carbocycles. The predicted molar refractivity (Wildman–Crippen MR) is 115 cm³/mol. The number of nitrogens with two attached hydrogens (primary N) is 2. The van der Waals surface area contributed by atoms with Gasteiger partial charge < -0.3 is 42.7 Å². The van der Waals surface area contributed by atoms with Crippen LogP contribution in [-0.2, 0) is 35.2 Å². The number of carbonyl (C=O) groups is 6. The van der Waals surface area contributed by atoms with Crippen molar-refractivity contribution in [3.05, 3.63) is 29.8 Å². The van der Waals surface area contributed by atoms with Gasteiger partial charge in [-0.2, -0.15) is 0 Å². The molecule has 34 heavy (non-hydrogen) atoms. The molecule has 1 aromatic rings. The summed E-state index contributed by atoms with van der Waals surface area (Å²) in [6, 6.07) is 1.54. The van der Waals surface area contributed by atoms with E-state index in [0.717, 1.165) is 0 Å². The third-order valence-corrected chi connectivity index (χ3v) is 4.48. The molecule has 3 atom stereocenters. The molecular weight excluding hydrogens is 454 g/mol. The van der Waals surface area contributed by atoms with Gasteiger partial charge in [-0.15, -0.1) is 0 Å². The summed E-state index contributed by atoms with van der Waals surface area (Å²) in [6.45, 7) is -0.595. The van der Waals surface area contributed by atoms with E-state index in [9.17, 15) is 39.0 Å². The Hall–Kier alpha value is -4.20. The van der Waals surface area contributed by atoms with Crippen LogP contribution in [0.3, 0.4) is 0 Å². The highest BCUT2D eigenvalue weighted by atomic mass is 16.4. The van der Waals surface area contributed by atoms with Crippen molar-refractivity contribution in [2.45, 2.75) is 43.8 Å². The topological polar surface area (TPSA) is 251 Å². The molecule has 0 saturated heterocycles. The van der Waals surface area contributed by atoms with E-state index in [4.69, 9.17) is 16.6 Å². The Morgan fingerprint density at radius 2 is 1.53 bits per heavy atom. The Morgan fingerprint density at radius 1 is 0.912 bits per heavy atom. The predicted octanol–water partition coefficient (Wildman–Crippen LogP) is -2.83. The molecule has 14 heteroatoms. The smallest absolute Gasteiger partial charge is 0.326 e. The Morgan fingerprint density at radius 3 is 2.06 bits per heavy atom. The molecule has 0 saturated carbocycles. The minimum Gasteiger partial charge on any atom is -0.508 e. The van der Waals surface area contributed by atoms with Gasteiger partial charge in [0.2, 0.25) is 23.6 Å². The molecule has 0 bridgehead atoms. The van der Waals surface area contributed by atoms with Gasteiger partial charge in [0.1, 0.15) is 17.8 Å². The summed E-state index contributed by atoms with van der Waals surface area (Å²) in [6.07, 6.45) is -1.28. The van der Waals surface area contributed by atoms with Crippen molar-refractivity contribution in [3.63, 3.8) is 0 Å². The first-order chi connectivity index (χ1) is 15.9. The largest absolute Gasteiger partial charge is 0.508 e. The fraction of sp³-hybridized carbons (Fsp3) is 0.400. The highest BCUT2D eigenvalue weighted by molar-refractivity contribution is 5.93. The third kappa shape index (κ3) is 10.4.